The van der Waals surface area contributed by atoms with Crippen molar-refractivity contribution in [1.29, 1.82) is 0 Å². The first-order valence-corrected chi connectivity index (χ1v) is 8.90. The van der Waals surface area contributed by atoms with Crippen LogP contribution in [0.25, 0.3) is 0 Å². The maximum absolute atomic E-state index is 12.1. The highest BCUT2D eigenvalue weighted by Gasteiger charge is 2.11. The smallest absolute Gasteiger partial charge is 0.257 e. The molecule has 0 radical (unpaired) electrons. The fourth-order valence-electron chi connectivity index (χ4n) is 1.70. The summed E-state index contributed by atoms with van der Waals surface area (Å²) in [4.78, 5) is 12.8. The molecule has 2 rings (SSSR count). The van der Waals surface area contributed by atoms with E-state index in [1.807, 2.05) is 0 Å². The van der Waals surface area contributed by atoms with Crippen LogP contribution in [0.2, 0.25) is 0 Å². The predicted molar refractivity (Wildman–Crippen MR) is 85.2 cm³/mol. The molecule has 1 aromatic carbocycles. The number of amides is 1. The second-order valence-corrected chi connectivity index (χ2v) is 7.47. The molecule has 5 nitrogen and oxygen atoms in total. The molecule has 1 heterocycles. The van der Waals surface area contributed by atoms with Crippen LogP contribution in [0, 0.1) is 5.92 Å². The minimum absolute atomic E-state index is 0.240. The summed E-state index contributed by atoms with van der Waals surface area (Å²) < 4.78 is 11.3. The molecule has 1 atom stereocenters. The Morgan fingerprint density at radius 1 is 1.29 bits per heavy atom. The average Bonchev–Trinajstić information content (AvgIpc) is 2.85. The molecule has 21 heavy (non-hydrogen) atoms. The normalized spacial score (nSPS) is 12.4. The van der Waals surface area contributed by atoms with E-state index in [2.05, 4.69) is 29.4 Å². The van der Waals surface area contributed by atoms with E-state index in [0.717, 1.165) is 11.4 Å². The summed E-state index contributed by atoms with van der Waals surface area (Å²) >= 11 is 1.39. The Labute approximate surface area is 130 Å². The Kier molecular flexibility index (Phi) is 5.19. The van der Waals surface area contributed by atoms with Crippen LogP contribution in [0.1, 0.15) is 29.2 Å². The van der Waals surface area contributed by atoms with Crippen LogP contribution >= 0.6 is 11.3 Å². The Morgan fingerprint density at radius 3 is 2.52 bits per heavy atom. The molecule has 0 aliphatic heterocycles. The molecule has 0 saturated heterocycles. The van der Waals surface area contributed by atoms with Crippen LogP contribution in [0.4, 0.5) is 5.13 Å². The third-order valence-electron chi connectivity index (χ3n) is 2.72. The summed E-state index contributed by atoms with van der Waals surface area (Å²) in [7, 11) is -1.04. The third kappa shape index (κ3) is 4.44. The Morgan fingerprint density at radius 2 is 1.95 bits per heavy atom. The first kappa shape index (κ1) is 15.8. The molecular formula is C14H17N3O2S2. The van der Waals surface area contributed by atoms with Crippen molar-refractivity contribution in [3.05, 3.63) is 34.8 Å². The van der Waals surface area contributed by atoms with Gasteiger partial charge in [0.1, 0.15) is 5.01 Å². The van der Waals surface area contributed by atoms with Gasteiger partial charge in [0.2, 0.25) is 5.13 Å². The number of carbonyl (C=O) groups is 1. The maximum Gasteiger partial charge on any atom is 0.257 e. The summed E-state index contributed by atoms with van der Waals surface area (Å²) in [5, 5.41) is 12.2. The lowest BCUT2D eigenvalue weighted by Gasteiger charge is -2.02. The SMILES string of the molecule is CC(C)Cc1nnc(NC(=O)c2ccc(S(C)=O)cc2)s1. The van der Waals surface area contributed by atoms with E-state index in [4.69, 9.17) is 0 Å². The quantitative estimate of drug-likeness (QED) is 0.918. The molecule has 1 amide bonds. The van der Waals surface area contributed by atoms with Crippen molar-refractivity contribution in [2.75, 3.05) is 11.6 Å². The summed E-state index contributed by atoms with van der Waals surface area (Å²) in [6.45, 7) is 4.22. The molecule has 0 fully saturated rings. The van der Waals surface area contributed by atoms with Crippen molar-refractivity contribution in [2.45, 2.75) is 25.2 Å². The zero-order valence-electron chi connectivity index (χ0n) is 12.1. The van der Waals surface area contributed by atoms with E-state index in [0.29, 0.717) is 21.5 Å². The standard InChI is InChI=1S/C14H17N3O2S2/c1-9(2)8-12-16-17-14(20-12)15-13(18)10-4-6-11(7-5-10)21(3)19/h4-7,9H,8H2,1-3H3,(H,15,17,18). The summed E-state index contributed by atoms with van der Waals surface area (Å²) in [6, 6.07) is 6.69. The summed E-state index contributed by atoms with van der Waals surface area (Å²) in [6.07, 6.45) is 2.46. The molecule has 2 aromatic rings. The van der Waals surface area contributed by atoms with Gasteiger partial charge in [0.15, 0.2) is 0 Å². The third-order valence-corrected chi connectivity index (χ3v) is 4.52. The van der Waals surface area contributed by atoms with Gasteiger partial charge in [-0.1, -0.05) is 25.2 Å². The highest BCUT2D eigenvalue weighted by atomic mass is 32.2. The lowest BCUT2D eigenvalue weighted by Crippen LogP contribution is -2.11. The molecule has 0 spiro atoms. The lowest BCUT2D eigenvalue weighted by molar-refractivity contribution is 0.102. The number of nitrogens with one attached hydrogen (secondary N) is 1. The van der Waals surface area contributed by atoms with Crippen molar-refractivity contribution >= 4 is 33.2 Å². The van der Waals surface area contributed by atoms with Crippen LogP contribution in [-0.4, -0.2) is 26.6 Å². The van der Waals surface area contributed by atoms with Gasteiger partial charge in [-0.05, 0) is 30.2 Å². The molecule has 112 valence electrons. The monoisotopic (exact) mass is 323 g/mol. The summed E-state index contributed by atoms with van der Waals surface area (Å²) in [5.74, 6) is 0.264. The summed E-state index contributed by atoms with van der Waals surface area (Å²) in [5.41, 5.74) is 0.504. The minimum Gasteiger partial charge on any atom is -0.296 e. The number of anilines is 1. The van der Waals surface area contributed by atoms with Crippen LogP contribution in [0.5, 0.6) is 0 Å². The van der Waals surface area contributed by atoms with Crippen LogP contribution in [-0.2, 0) is 17.2 Å². The molecule has 1 N–H and O–H groups in total. The van der Waals surface area contributed by atoms with Crippen LogP contribution in [0.3, 0.4) is 0 Å². The Balaban J connectivity index is 2.03. The second-order valence-electron chi connectivity index (χ2n) is 5.03. The van der Waals surface area contributed by atoms with Crippen LogP contribution < -0.4 is 5.32 Å². The molecule has 1 aromatic heterocycles. The van der Waals surface area contributed by atoms with Crippen molar-refractivity contribution < 1.29 is 9.00 Å². The number of carbonyl (C=O) groups excluding carboxylic acids is 1. The van der Waals surface area contributed by atoms with Gasteiger partial charge in [-0.2, -0.15) is 0 Å². The van der Waals surface area contributed by atoms with Gasteiger partial charge in [0.05, 0.1) is 0 Å². The first-order chi connectivity index (χ1) is 9.95. The van der Waals surface area contributed by atoms with Crippen LogP contribution in [0.15, 0.2) is 29.2 Å². The van der Waals surface area contributed by atoms with Gasteiger partial charge in [-0.25, -0.2) is 0 Å². The molecular weight excluding hydrogens is 306 g/mol. The molecule has 7 heteroatoms. The minimum atomic E-state index is -1.04. The van der Waals surface area contributed by atoms with E-state index in [1.165, 1.54) is 11.3 Å². The Bertz CT molecular complexity index is 650. The van der Waals surface area contributed by atoms with Gasteiger partial charge >= 0.3 is 0 Å². The van der Waals surface area contributed by atoms with Crippen molar-refractivity contribution in [3.63, 3.8) is 0 Å². The zero-order valence-corrected chi connectivity index (χ0v) is 13.8. The highest BCUT2D eigenvalue weighted by Crippen LogP contribution is 2.19. The van der Waals surface area contributed by atoms with E-state index in [-0.39, 0.29) is 5.91 Å². The van der Waals surface area contributed by atoms with Gasteiger partial charge in [-0.15, -0.1) is 10.2 Å². The van der Waals surface area contributed by atoms with Crippen molar-refractivity contribution in [1.82, 2.24) is 10.2 Å². The number of hydrogen-bond donors (Lipinski definition) is 1. The number of rotatable bonds is 5. The number of hydrogen-bond acceptors (Lipinski definition) is 5. The van der Waals surface area contributed by atoms with E-state index in [1.54, 1.807) is 30.5 Å². The van der Waals surface area contributed by atoms with E-state index in [9.17, 15) is 9.00 Å². The zero-order chi connectivity index (χ0) is 15.4. The fraction of sp³-hybridized carbons (Fsp3) is 0.357. The Hall–Kier alpha value is -1.60. The van der Waals surface area contributed by atoms with Crippen molar-refractivity contribution in [2.24, 2.45) is 5.92 Å². The van der Waals surface area contributed by atoms with Gasteiger partial charge < -0.3 is 0 Å². The molecule has 0 aliphatic carbocycles. The number of benzene rings is 1. The molecule has 0 aliphatic rings. The van der Waals surface area contributed by atoms with Gasteiger partial charge in [0, 0.05) is 33.9 Å². The predicted octanol–water partition coefficient (Wildman–Crippen LogP) is 2.73. The number of nitrogens with zero attached hydrogens (tertiary/aromatic N) is 2. The topological polar surface area (TPSA) is 72.0 Å². The van der Waals surface area contributed by atoms with E-state index < -0.39 is 10.8 Å². The molecule has 0 saturated carbocycles. The lowest BCUT2D eigenvalue weighted by atomic mass is 10.1. The average molecular weight is 323 g/mol. The number of aromatic nitrogens is 2. The van der Waals surface area contributed by atoms with Gasteiger partial charge in [-0.3, -0.25) is 14.3 Å². The fourth-order valence-corrected chi connectivity index (χ4v) is 3.17. The van der Waals surface area contributed by atoms with Gasteiger partial charge in [0.25, 0.3) is 5.91 Å². The molecule has 0 bridgehead atoms. The first-order valence-electron chi connectivity index (χ1n) is 6.53. The second kappa shape index (κ2) is 6.91. The van der Waals surface area contributed by atoms with Crippen molar-refractivity contribution in [3.8, 4) is 0 Å². The molecule has 1 unspecified atom stereocenters. The van der Waals surface area contributed by atoms with E-state index >= 15 is 0 Å². The maximum atomic E-state index is 12.1. The highest BCUT2D eigenvalue weighted by molar-refractivity contribution is 7.84. The largest absolute Gasteiger partial charge is 0.296 e.